The Morgan fingerprint density at radius 1 is 1.24 bits per heavy atom. The molecule has 34 heavy (non-hydrogen) atoms. The minimum absolute atomic E-state index is 0.0586. The average Bonchev–Trinajstić information content (AvgIpc) is 3.11. The van der Waals surface area contributed by atoms with E-state index in [1.165, 1.54) is 40.9 Å². The number of ether oxygens (including phenoxy) is 2. The van der Waals surface area contributed by atoms with Crippen molar-refractivity contribution in [2.45, 2.75) is 6.61 Å². The molecule has 0 atom stereocenters. The van der Waals surface area contributed by atoms with Gasteiger partial charge in [0.25, 0.3) is 11.6 Å². The Balaban J connectivity index is 1.57. The molecule has 8 nitrogen and oxygen atoms in total. The molecule has 0 saturated carbocycles. The Bertz CT molecular complexity index is 1300. The Kier molecular flexibility index (Phi) is 7.44. The number of rotatable bonds is 7. The second kappa shape index (κ2) is 10.5. The van der Waals surface area contributed by atoms with Crippen LogP contribution in [0.1, 0.15) is 11.3 Å². The molecule has 1 aliphatic rings. The maximum Gasteiger partial charge on any atom is 0.270 e. The molecule has 0 unspecified atom stereocenters. The van der Waals surface area contributed by atoms with E-state index in [1.807, 2.05) is 24.3 Å². The molecule has 172 valence electrons. The summed E-state index contributed by atoms with van der Waals surface area (Å²) in [5.74, 6) is 0.817. The molecular weight excluding hydrogens is 589 g/mol. The first-order valence-electron chi connectivity index (χ1n) is 9.80. The SMILES string of the molecule is COc1cc(/C=C2/SC(=S)N(c3ccc([N+](=O)[O-])cc3)C2=O)cc(I)c1OCc1ccccn1. The lowest BCUT2D eigenvalue weighted by molar-refractivity contribution is -0.384. The maximum absolute atomic E-state index is 13.1. The van der Waals surface area contributed by atoms with Crippen molar-refractivity contribution in [3.05, 3.63) is 90.6 Å². The van der Waals surface area contributed by atoms with E-state index in [-0.39, 0.29) is 11.6 Å². The fraction of sp³-hybridized carbons (Fsp3) is 0.0870. The van der Waals surface area contributed by atoms with Gasteiger partial charge in [0.2, 0.25) is 0 Å². The molecule has 0 aliphatic carbocycles. The van der Waals surface area contributed by atoms with Crippen molar-refractivity contribution in [2.75, 3.05) is 12.0 Å². The molecule has 0 radical (unpaired) electrons. The number of anilines is 1. The van der Waals surface area contributed by atoms with E-state index in [2.05, 4.69) is 27.6 Å². The zero-order valence-electron chi connectivity index (χ0n) is 17.6. The summed E-state index contributed by atoms with van der Waals surface area (Å²) in [6.45, 7) is 0.292. The summed E-state index contributed by atoms with van der Waals surface area (Å²) in [5.41, 5.74) is 1.95. The lowest BCUT2D eigenvalue weighted by atomic mass is 10.1. The van der Waals surface area contributed by atoms with Crippen LogP contribution in [-0.4, -0.2) is 27.2 Å². The Morgan fingerprint density at radius 3 is 2.65 bits per heavy atom. The Labute approximate surface area is 218 Å². The van der Waals surface area contributed by atoms with Gasteiger partial charge < -0.3 is 9.47 Å². The van der Waals surface area contributed by atoms with Gasteiger partial charge >= 0.3 is 0 Å². The number of thiocarbonyl (C=S) groups is 1. The van der Waals surface area contributed by atoms with E-state index >= 15 is 0 Å². The molecule has 0 bridgehead atoms. The fourth-order valence-electron chi connectivity index (χ4n) is 3.16. The molecule has 4 rings (SSSR count). The van der Waals surface area contributed by atoms with Crippen LogP contribution in [0.5, 0.6) is 11.5 Å². The lowest BCUT2D eigenvalue weighted by Crippen LogP contribution is -2.27. The van der Waals surface area contributed by atoms with Gasteiger partial charge in [-0.1, -0.05) is 30.0 Å². The Hall–Kier alpha value is -3.03. The molecule has 1 saturated heterocycles. The number of nitro groups is 1. The number of halogens is 1. The van der Waals surface area contributed by atoms with Crippen LogP contribution in [0, 0.1) is 13.7 Å². The molecule has 11 heteroatoms. The topological polar surface area (TPSA) is 94.8 Å². The summed E-state index contributed by atoms with van der Waals surface area (Å²) in [5, 5.41) is 10.9. The summed E-state index contributed by atoms with van der Waals surface area (Å²) in [4.78, 5) is 29.5. The van der Waals surface area contributed by atoms with Crippen LogP contribution in [-0.2, 0) is 11.4 Å². The summed E-state index contributed by atoms with van der Waals surface area (Å²) in [7, 11) is 1.55. The molecule has 1 fully saturated rings. The van der Waals surface area contributed by atoms with Crippen LogP contribution in [0.2, 0.25) is 0 Å². The monoisotopic (exact) mass is 605 g/mol. The van der Waals surface area contributed by atoms with Crippen molar-refractivity contribution in [3.8, 4) is 11.5 Å². The molecule has 3 aromatic rings. The van der Waals surface area contributed by atoms with Crippen molar-refractivity contribution in [2.24, 2.45) is 0 Å². The second-order valence-electron chi connectivity index (χ2n) is 6.93. The average molecular weight is 605 g/mol. The number of benzene rings is 2. The van der Waals surface area contributed by atoms with Gasteiger partial charge in [-0.3, -0.25) is 24.8 Å². The zero-order chi connectivity index (χ0) is 24.2. The normalized spacial score (nSPS) is 14.5. The number of methoxy groups -OCH3 is 1. The van der Waals surface area contributed by atoms with Crippen molar-refractivity contribution >= 4 is 74.2 Å². The molecule has 0 N–H and O–H groups in total. The molecule has 0 spiro atoms. The molecular formula is C23H16IN3O5S2. The van der Waals surface area contributed by atoms with Gasteiger partial charge in [0.05, 0.1) is 31.9 Å². The predicted octanol–water partition coefficient (Wildman–Crippen LogP) is 5.59. The third-order valence-corrected chi connectivity index (χ3v) is 6.86. The van der Waals surface area contributed by atoms with Gasteiger partial charge in [-0.25, -0.2) is 0 Å². The zero-order valence-corrected chi connectivity index (χ0v) is 21.4. The largest absolute Gasteiger partial charge is 0.493 e. The lowest BCUT2D eigenvalue weighted by Gasteiger charge is -2.14. The van der Waals surface area contributed by atoms with Gasteiger partial charge in [0.1, 0.15) is 6.61 Å². The van der Waals surface area contributed by atoms with Gasteiger partial charge in [-0.2, -0.15) is 0 Å². The molecule has 1 aromatic heterocycles. The first-order chi connectivity index (χ1) is 16.4. The van der Waals surface area contributed by atoms with E-state index in [4.69, 9.17) is 21.7 Å². The summed E-state index contributed by atoms with van der Waals surface area (Å²) >= 11 is 8.72. The van der Waals surface area contributed by atoms with Gasteiger partial charge in [0.15, 0.2) is 15.8 Å². The summed E-state index contributed by atoms with van der Waals surface area (Å²) in [6.07, 6.45) is 3.44. The second-order valence-corrected chi connectivity index (χ2v) is 9.77. The summed E-state index contributed by atoms with van der Waals surface area (Å²) in [6, 6.07) is 15.0. The molecule has 1 aliphatic heterocycles. The number of hydrogen-bond donors (Lipinski definition) is 0. The van der Waals surface area contributed by atoms with Crippen LogP contribution in [0.3, 0.4) is 0 Å². The van der Waals surface area contributed by atoms with Gasteiger partial charge in [0, 0.05) is 18.3 Å². The Morgan fingerprint density at radius 2 is 2.00 bits per heavy atom. The highest BCUT2D eigenvalue weighted by Crippen LogP contribution is 2.39. The van der Waals surface area contributed by atoms with Crippen molar-refractivity contribution in [3.63, 3.8) is 0 Å². The first-order valence-corrected chi connectivity index (χ1v) is 12.1. The maximum atomic E-state index is 13.1. The predicted molar refractivity (Wildman–Crippen MR) is 143 cm³/mol. The number of carbonyl (C=O) groups is 1. The number of nitrogens with zero attached hydrogens (tertiary/aromatic N) is 3. The summed E-state index contributed by atoms with van der Waals surface area (Å²) < 4.78 is 12.6. The number of thioether (sulfide) groups is 1. The third-order valence-electron chi connectivity index (χ3n) is 4.75. The number of pyridine rings is 1. The van der Waals surface area contributed by atoms with Crippen LogP contribution in [0.15, 0.2) is 65.7 Å². The number of amides is 1. The van der Waals surface area contributed by atoms with E-state index in [0.717, 1.165) is 14.8 Å². The number of carbonyl (C=O) groups excluding carboxylic acids is 1. The van der Waals surface area contributed by atoms with Crippen LogP contribution in [0.25, 0.3) is 6.08 Å². The van der Waals surface area contributed by atoms with E-state index in [9.17, 15) is 14.9 Å². The minimum Gasteiger partial charge on any atom is -0.493 e. The third kappa shape index (κ3) is 5.21. The van der Waals surface area contributed by atoms with E-state index < -0.39 is 4.92 Å². The van der Waals surface area contributed by atoms with Crippen LogP contribution in [0.4, 0.5) is 11.4 Å². The highest BCUT2D eigenvalue weighted by molar-refractivity contribution is 14.1. The van der Waals surface area contributed by atoms with Crippen molar-refractivity contribution in [1.82, 2.24) is 4.98 Å². The van der Waals surface area contributed by atoms with Gasteiger partial charge in [-0.15, -0.1) is 0 Å². The van der Waals surface area contributed by atoms with E-state index in [0.29, 0.717) is 33.0 Å². The number of hydrogen-bond acceptors (Lipinski definition) is 8. The minimum atomic E-state index is -0.493. The molecule has 2 heterocycles. The van der Waals surface area contributed by atoms with Crippen molar-refractivity contribution < 1.29 is 19.2 Å². The number of non-ortho nitro benzene ring substituents is 1. The fourth-order valence-corrected chi connectivity index (χ4v) is 5.24. The molecule has 2 aromatic carbocycles. The highest BCUT2D eigenvalue weighted by Gasteiger charge is 2.33. The quantitative estimate of drug-likeness (QED) is 0.113. The highest BCUT2D eigenvalue weighted by atomic mass is 127. The first kappa shape index (κ1) is 24.1. The van der Waals surface area contributed by atoms with Gasteiger partial charge in [-0.05, 0) is 70.6 Å². The van der Waals surface area contributed by atoms with E-state index in [1.54, 1.807) is 25.4 Å². The standard InChI is InChI=1S/C23H16IN3O5S2/c1-31-19-11-14(10-18(24)21(19)32-13-15-4-2-3-9-25-15)12-20-22(28)26(23(33)34-20)16-5-7-17(8-6-16)27(29)30/h2-12H,13H2,1H3/b20-12+. The van der Waals surface area contributed by atoms with Crippen LogP contribution >= 0.6 is 46.6 Å². The number of aromatic nitrogens is 1. The van der Waals surface area contributed by atoms with Crippen LogP contribution < -0.4 is 14.4 Å². The number of nitro benzene ring substituents is 1. The smallest absolute Gasteiger partial charge is 0.270 e. The molecule has 1 amide bonds. The van der Waals surface area contributed by atoms with Crippen molar-refractivity contribution in [1.29, 1.82) is 0 Å².